The van der Waals surface area contributed by atoms with E-state index < -0.39 is 4.92 Å². The van der Waals surface area contributed by atoms with Crippen LogP contribution in [0.25, 0.3) is 11.3 Å². The largest absolute Gasteiger partial charge is 0.454 e. The van der Waals surface area contributed by atoms with E-state index in [0.29, 0.717) is 35.3 Å². The van der Waals surface area contributed by atoms with Gasteiger partial charge >= 0.3 is 0 Å². The Morgan fingerprint density at radius 3 is 2.65 bits per heavy atom. The summed E-state index contributed by atoms with van der Waals surface area (Å²) in [7, 11) is 0. The Bertz CT molecular complexity index is 756. The van der Waals surface area contributed by atoms with Gasteiger partial charge in [-0.3, -0.25) is 10.1 Å². The molecule has 0 aliphatic carbocycles. The summed E-state index contributed by atoms with van der Waals surface area (Å²) < 4.78 is 11.1. The molecule has 0 amide bonds. The molecule has 0 bridgehead atoms. The van der Waals surface area contributed by atoms with Crippen LogP contribution in [0.4, 0.5) is 5.69 Å². The van der Waals surface area contributed by atoms with Gasteiger partial charge in [0.05, 0.1) is 23.2 Å². The molecule has 0 saturated carbocycles. The molecule has 0 atom stereocenters. The highest BCUT2D eigenvalue weighted by atomic mass is 35.5. The van der Waals surface area contributed by atoms with Crippen molar-refractivity contribution in [3.63, 3.8) is 0 Å². The summed E-state index contributed by atoms with van der Waals surface area (Å²) in [5.74, 6) is 1.10. The van der Waals surface area contributed by atoms with E-state index in [-0.39, 0.29) is 10.7 Å². The Labute approximate surface area is 142 Å². The van der Waals surface area contributed by atoms with Crippen molar-refractivity contribution in [2.75, 3.05) is 26.3 Å². The maximum absolute atomic E-state index is 10.8. The van der Waals surface area contributed by atoms with Gasteiger partial charge in [-0.2, -0.15) is 0 Å². The van der Waals surface area contributed by atoms with Gasteiger partial charge in [0, 0.05) is 30.8 Å². The average molecular weight is 353 g/mol. The minimum atomic E-state index is -0.489. The van der Waals surface area contributed by atoms with Crippen LogP contribution in [0, 0.1) is 10.1 Å². The smallest absolute Gasteiger partial charge is 0.270 e. The van der Waals surface area contributed by atoms with Gasteiger partial charge in [-0.25, -0.2) is 0 Å². The standard InChI is InChI=1S/C15H13ClN2O4S/c16-12-9-10(18(19)20)1-2-11(12)13-3-4-14(22-13)15(23)17-5-7-21-8-6-17/h1-4,9H,5-8H2. The fraction of sp³-hybridized carbons (Fsp3) is 0.267. The van der Waals surface area contributed by atoms with E-state index in [0.717, 1.165) is 13.1 Å². The number of nitrogens with zero attached hydrogens (tertiary/aromatic N) is 2. The molecule has 0 unspecified atom stereocenters. The van der Waals surface area contributed by atoms with Crippen LogP contribution in [-0.4, -0.2) is 41.1 Å². The minimum Gasteiger partial charge on any atom is -0.454 e. The molecule has 2 heterocycles. The molecule has 1 aliphatic rings. The zero-order chi connectivity index (χ0) is 16.4. The summed E-state index contributed by atoms with van der Waals surface area (Å²) in [6, 6.07) is 7.81. The molecule has 6 nitrogen and oxygen atoms in total. The van der Waals surface area contributed by atoms with Gasteiger partial charge < -0.3 is 14.1 Å². The van der Waals surface area contributed by atoms with Gasteiger partial charge in [-0.15, -0.1) is 0 Å². The Balaban J connectivity index is 1.84. The van der Waals surface area contributed by atoms with Gasteiger partial charge in [0.2, 0.25) is 0 Å². The number of ether oxygens (including phenoxy) is 1. The van der Waals surface area contributed by atoms with E-state index >= 15 is 0 Å². The van der Waals surface area contributed by atoms with Crippen LogP contribution in [0.5, 0.6) is 0 Å². The molecule has 1 saturated heterocycles. The Kier molecular flexibility index (Phi) is 4.61. The lowest BCUT2D eigenvalue weighted by atomic mass is 10.1. The van der Waals surface area contributed by atoms with Crippen LogP contribution in [0.2, 0.25) is 5.02 Å². The molecule has 1 aliphatic heterocycles. The SMILES string of the molecule is O=[N+]([O-])c1ccc(-c2ccc(C(=S)N3CCOCC3)o2)c(Cl)c1. The molecule has 0 radical (unpaired) electrons. The highest BCUT2D eigenvalue weighted by molar-refractivity contribution is 7.80. The molecule has 1 aromatic heterocycles. The minimum absolute atomic E-state index is 0.0608. The van der Waals surface area contributed by atoms with Crippen LogP contribution in [-0.2, 0) is 4.74 Å². The number of nitro groups is 1. The second-order valence-corrected chi connectivity index (χ2v) is 5.78. The predicted molar refractivity (Wildman–Crippen MR) is 89.9 cm³/mol. The third-order valence-corrected chi connectivity index (χ3v) is 4.32. The number of benzene rings is 1. The first kappa shape index (κ1) is 15.9. The van der Waals surface area contributed by atoms with Crippen LogP contribution in [0.3, 0.4) is 0 Å². The van der Waals surface area contributed by atoms with E-state index in [1.165, 1.54) is 12.1 Å². The van der Waals surface area contributed by atoms with Crippen molar-refractivity contribution in [3.8, 4) is 11.3 Å². The fourth-order valence-corrected chi connectivity index (χ4v) is 2.90. The third kappa shape index (κ3) is 3.36. The molecule has 1 aromatic carbocycles. The molecule has 0 N–H and O–H groups in total. The lowest BCUT2D eigenvalue weighted by molar-refractivity contribution is -0.384. The van der Waals surface area contributed by atoms with E-state index in [9.17, 15) is 10.1 Å². The van der Waals surface area contributed by atoms with Crippen LogP contribution >= 0.6 is 23.8 Å². The van der Waals surface area contributed by atoms with Crippen LogP contribution in [0.15, 0.2) is 34.7 Å². The topological polar surface area (TPSA) is 68.8 Å². The molecule has 1 fully saturated rings. The van der Waals surface area contributed by atoms with Crippen molar-refractivity contribution in [1.82, 2.24) is 4.90 Å². The highest BCUT2D eigenvalue weighted by Gasteiger charge is 2.19. The number of nitro benzene ring substituents is 1. The normalized spacial score (nSPS) is 14.7. The molecule has 8 heteroatoms. The molecule has 0 spiro atoms. The van der Waals surface area contributed by atoms with Gasteiger partial charge in [0.15, 0.2) is 5.76 Å². The fourth-order valence-electron chi connectivity index (χ4n) is 2.34. The highest BCUT2D eigenvalue weighted by Crippen LogP contribution is 2.32. The van der Waals surface area contributed by atoms with Crippen molar-refractivity contribution in [2.24, 2.45) is 0 Å². The number of furan rings is 1. The average Bonchev–Trinajstić information content (AvgIpc) is 3.04. The third-order valence-electron chi connectivity index (χ3n) is 3.54. The maximum atomic E-state index is 10.8. The lowest BCUT2D eigenvalue weighted by Crippen LogP contribution is -2.40. The quantitative estimate of drug-likeness (QED) is 0.478. The molecular formula is C15H13ClN2O4S. The Morgan fingerprint density at radius 1 is 1.26 bits per heavy atom. The molecule has 23 heavy (non-hydrogen) atoms. The number of rotatable bonds is 3. The maximum Gasteiger partial charge on any atom is 0.270 e. The number of morpholine rings is 1. The van der Waals surface area contributed by atoms with E-state index in [4.69, 9.17) is 33.0 Å². The number of thiocarbonyl (C=S) groups is 1. The lowest BCUT2D eigenvalue weighted by Gasteiger charge is -2.28. The number of non-ortho nitro benzene ring substituents is 1. The van der Waals surface area contributed by atoms with Crippen LogP contribution in [0.1, 0.15) is 5.76 Å². The number of hydrogen-bond acceptors (Lipinski definition) is 5. The van der Waals surface area contributed by atoms with Crippen molar-refractivity contribution in [3.05, 3.63) is 51.2 Å². The summed E-state index contributed by atoms with van der Waals surface area (Å²) in [5, 5.41) is 11.0. The summed E-state index contributed by atoms with van der Waals surface area (Å²) in [5.41, 5.74) is 0.530. The first-order valence-electron chi connectivity index (χ1n) is 6.97. The van der Waals surface area contributed by atoms with Gasteiger partial charge in [0.1, 0.15) is 10.7 Å². The van der Waals surface area contributed by atoms with Crippen molar-refractivity contribution in [1.29, 1.82) is 0 Å². The van der Waals surface area contributed by atoms with Crippen molar-refractivity contribution in [2.45, 2.75) is 0 Å². The molecule has 2 aromatic rings. The number of halogens is 1. The monoisotopic (exact) mass is 352 g/mol. The molecular weight excluding hydrogens is 340 g/mol. The summed E-state index contributed by atoms with van der Waals surface area (Å²) >= 11 is 11.6. The first-order chi connectivity index (χ1) is 11.1. The first-order valence-corrected chi connectivity index (χ1v) is 7.76. The second kappa shape index (κ2) is 6.66. The zero-order valence-electron chi connectivity index (χ0n) is 12.0. The van der Waals surface area contributed by atoms with Crippen molar-refractivity contribution >= 4 is 34.5 Å². The van der Waals surface area contributed by atoms with Crippen LogP contribution < -0.4 is 0 Å². The molecule has 120 valence electrons. The van der Waals surface area contributed by atoms with Gasteiger partial charge in [-0.1, -0.05) is 23.8 Å². The van der Waals surface area contributed by atoms with Gasteiger partial charge in [0.25, 0.3) is 5.69 Å². The molecule has 3 rings (SSSR count). The van der Waals surface area contributed by atoms with E-state index in [1.807, 2.05) is 4.90 Å². The zero-order valence-corrected chi connectivity index (χ0v) is 13.6. The summed E-state index contributed by atoms with van der Waals surface area (Å²) in [6.45, 7) is 2.74. The van der Waals surface area contributed by atoms with E-state index in [2.05, 4.69) is 0 Å². The second-order valence-electron chi connectivity index (χ2n) is 4.99. The van der Waals surface area contributed by atoms with Gasteiger partial charge in [-0.05, 0) is 18.2 Å². The Hall–Kier alpha value is -1.96. The summed E-state index contributed by atoms with van der Waals surface area (Å²) in [6.07, 6.45) is 0. The van der Waals surface area contributed by atoms with E-state index in [1.54, 1.807) is 18.2 Å². The predicted octanol–water partition coefficient (Wildman–Crippen LogP) is 3.52. The Morgan fingerprint density at radius 2 is 2.00 bits per heavy atom. The number of hydrogen-bond donors (Lipinski definition) is 0. The summed E-state index contributed by atoms with van der Waals surface area (Å²) in [4.78, 5) is 12.9. The van der Waals surface area contributed by atoms with Crippen molar-refractivity contribution < 1.29 is 14.1 Å².